The van der Waals surface area contributed by atoms with Crippen molar-refractivity contribution in [2.24, 2.45) is 0 Å². The third-order valence-electron chi connectivity index (χ3n) is 3.63. The smallest absolute Gasteiger partial charge is 0.335 e. The molecule has 1 aliphatic rings. The van der Waals surface area contributed by atoms with E-state index in [4.69, 9.17) is 9.47 Å². The normalized spacial score (nSPS) is 15.0. The highest BCUT2D eigenvalue weighted by atomic mass is 16.5. The summed E-state index contributed by atoms with van der Waals surface area (Å²) >= 11 is 0. The molecule has 1 aliphatic heterocycles. The van der Waals surface area contributed by atoms with Crippen LogP contribution in [0.2, 0.25) is 0 Å². The van der Waals surface area contributed by atoms with Gasteiger partial charge in [-0.1, -0.05) is 6.08 Å². The van der Waals surface area contributed by atoms with Gasteiger partial charge in [-0.15, -0.1) is 0 Å². The van der Waals surface area contributed by atoms with Crippen molar-refractivity contribution < 1.29 is 24.2 Å². The van der Waals surface area contributed by atoms with Crippen LogP contribution in [0.5, 0.6) is 0 Å². The van der Waals surface area contributed by atoms with E-state index < -0.39 is 5.97 Å². The van der Waals surface area contributed by atoms with Gasteiger partial charge in [0, 0.05) is 31.3 Å². The summed E-state index contributed by atoms with van der Waals surface area (Å²) < 4.78 is 10.3. The first-order chi connectivity index (χ1) is 11.0. The molecule has 1 aromatic rings. The first kappa shape index (κ1) is 17.0. The van der Waals surface area contributed by atoms with Crippen LogP contribution in [-0.2, 0) is 14.3 Å². The number of ether oxygens (including phenoxy) is 2. The van der Waals surface area contributed by atoms with Gasteiger partial charge in [0.2, 0.25) is 0 Å². The van der Waals surface area contributed by atoms with Crippen molar-refractivity contribution >= 4 is 23.7 Å². The molecule has 1 aromatic carbocycles. The molecular formula is C17H21NO5. The van der Waals surface area contributed by atoms with E-state index in [9.17, 15) is 14.7 Å². The van der Waals surface area contributed by atoms with Crippen LogP contribution < -0.4 is 4.90 Å². The summed E-state index contributed by atoms with van der Waals surface area (Å²) in [5, 5.41) is 9.28. The second kappa shape index (κ2) is 7.78. The quantitative estimate of drug-likeness (QED) is 0.838. The molecule has 0 spiro atoms. The second-order valence-electron chi connectivity index (χ2n) is 5.34. The van der Waals surface area contributed by atoms with Crippen LogP contribution in [0.1, 0.15) is 28.4 Å². The Morgan fingerprint density at radius 1 is 1.35 bits per heavy atom. The van der Waals surface area contributed by atoms with Crippen molar-refractivity contribution in [3.05, 3.63) is 34.9 Å². The third kappa shape index (κ3) is 4.56. The van der Waals surface area contributed by atoms with Gasteiger partial charge in [0.05, 0.1) is 18.8 Å². The third-order valence-corrected chi connectivity index (χ3v) is 3.63. The molecule has 1 saturated heterocycles. The average molecular weight is 319 g/mol. The zero-order chi connectivity index (χ0) is 16.8. The number of carbonyl (C=O) groups is 2. The number of aromatic carboxylic acids is 1. The number of aryl methyl sites for hydroxylation is 1. The first-order valence-corrected chi connectivity index (χ1v) is 7.49. The number of hydrogen-bond acceptors (Lipinski definition) is 5. The Morgan fingerprint density at radius 3 is 2.65 bits per heavy atom. The lowest BCUT2D eigenvalue weighted by molar-refractivity contribution is -0.139. The van der Waals surface area contributed by atoms with Crippen LogP contribution in [0.4, 0.5) is 5.69 Å². The van der Waals surface area contributed by atoms with Crippen LogP contribution in [0, 0.1) is 6.92 Å². The number of hydrogen-bond donors (Lipinski definition) is 1. The number of carboxylic acid groups (broad SMARTS) is 1. The molecule has 0 aliphatic carbocycles. The van der Waals surface area contributed by atoms with Gasteiger partial charge in [-0.3, -0.25) is 4.79 Å². The zero-order valence-electron chi connectivity index (χ0n) is 13.4. The first-order valence-electron chi connectivity index (χ1n) is 7.49. The van der Waals surface area contributed by atoms with Crippen LogP contribution >= 0.6 is 0 Å². The lowest BCUT2D eigenvalue weighted by Gasteiger charge is -2.31. The summed E-state index contributed by atoms with van der Waals surface area (Å²) in [5.41, 5.74) is 2.93. The molecule has 0 atom stereocenters. The van der Waals surface area contributed by atoms with Crippen LogP contribution in [0.3, 0.4) is 0 Å². The van der Waals surface area contributed by atoms with Crippen molar-refractivity contribution in [1.29, 1.82) is 0 Å². The number of carbonyl (C=O) groups excluding carboxylic acids is 1. The Kier molecular flexibility index (Phi) is 5.76. The maximum atomic E-state index is 11.3. The fourth-order valence-corrected chi connectivity index (χ4v) is 2.52. The minimum absolute atomic E-state index is 0.192. The molecular weight excluding hydrogens is 298 g/mol. The zero-order valence-corrected chi connectivity index (χ0v) is 13.4. The number of rotatable bonds is 5. The molecule has 0 saturated carbocycles. The van der Waals surface area contributed by atoms with E-state index in [-0.39, 0.29) is 18.1 Å². The monoisotopic (exact) mass is 319 g/mol. The van der Waals surface area contributed by atoms with E-state index in [1.165, 1.54) is 6.92 Å². The number of esters is 1. The minimum Gasteiger partial charge on any atom is -0.478 e. The van der Waals surface area contributed by atoms with Crippen molar-refractivity contribution in [3.63, 3.8) is 0 Å². The predicted molar refractivity (Wildman–Crippen MR) is 86.8 cm³/mol. The van der Waals surface area contributed by atoms with Crippen molar-refractivity contribution in [1.82, 2.24) is 0 Å². The summed E-state index contributed by atoms with van der Waals surface area (Å²) in [4.78, 5) is 24.2. The standard InChI is InChI=1S/C17H21NO5/c1-12-10-14(17(20)21)11-16(18-5-8-22-9-6-18)15(12)4-3-7-23-13(2)19/h3-4,10-11H,5-9H2,1-2H3,(H,20,21)/b4-3+. The molecule has 2 rings (SSSR count). The molecule has 1 N–H and O–H groups in total. The highest BCUT2D eigenvalue weighted by molar-refractivity contribution is 5.91. The SMILES string of the molecule is CC(=O)OC/C=C/c1c(C)cc(C(=O)O)cc1N1CCOCC1. The maximum Gasteiger partial charge on any atom is 0.335 e. The van der Waals surface area contributed by atoms with Gasteiger partial charge in [-0.25, -0.2) is 4.79 Å². The van der Waals surface area contributed by atoms with E-state index >= 15 is 0 Å². The highest BCUT2D eigenvalue weighted by Crippen LogP contribution is 2.28. The summed E-state index contributed by atoms with van der Waals surface area (Å²) in [5.74, 6) is -1.28. The molecule has 0 aromatic heterocycles. The van der Waals surface area contributed by atoms with Gasteiger partial charge < -0.3 is 19.5 Å². The molecule has 0 radical (unpaired) electrons. The maximum absolute atomic E-state index is 11.3. The number of benzene rings is 1. The van der Waals surface area contributed by atoms with E-state index in [0.29, 0.717) is 26.3 Å². The lowest BCUT2D eigenvalue weighted by atomic mass is 10.0. The molecule has 1 fully saturated rings. The van der Waals surface area contributed by atoms with Crippen LogP contribution in [-0.4, -0.2) is 50.0 Å². The summed E-state index contributed by atoms with van der Waals surface area (Å²) in [6.07, 6.45) is 3.63. The molecule has 0 amide bonds. The predicted octanol–water partition coefficient (Wildman–Crippen LogP) is 2.11. The molecule has 1 heterocycles. The van der Waals surface area contributed by atoms with Crippen molar-refractivity contribution in [2.75, 3.05) is 37.8 Å². The number of nitrogens with zero attached hydrogens (tertiary/aromatic N) is 1. The Morgan fingerprint density at radius 2 is 2.04 bits per heavy atom. The number of anilines is 1. The van der Waals surface area contributed by atoms with Gasteiger partial charge in [0.1, 0.15) is 6.61 Å². The van der Waals surface area contributed by atoms with E-state index in [1.807, 2.05) is 13.0 Å². The molecule has 23 heavy (non-hydrogen) atoms. The van der Waals surface area contributed by atoms with Crippen molar-refractivity contribution in [3.8, 4) is 0 Å². The van der Waals surface area contributed by atoms with E-state index in [1.54, 1.807) is 18.2 Å². The van der Waals surface area contributed by atoms with Gasteiger partial charge in [0.25, 0.3) is 0 Å². The summed E-state index contributed by atoms with van der Waals surface area (Å²) in [7, 11) is 0. The lowest BCUT2D eigenvalue weighted by Crippen LogP contribution is -2.36. The Bertz CT molecular complexity index is 618. The minimum atomic E-state index is -0.946. The van der Waals surface area contributed by atoms with E-state index in [2.05, 4.69) is 4.90 Å². The van der Waals surface area contributed by atoms with Crippen molar-refractivity contribution in [2.45, 2.75) is 13.8 Å². The van der Waals surface area contributed by atoms with Gasteiger partial charge in [-0.2, -0.15) is 0 Å². The highest BCUT2D eigenvalue weighted by Gasteiger charge is 2.18. The Hall–Kier alpha value is -2.34. The second-order valence-corrected chi connectivity index (χ2v) is 5.34. The number of morpholine rings is 1. The summed E-state index contributed by atoms with van der Waals surface area (Å²) in [6, 6.07) is 3.34. The Labute approximate surface area is 135 Å². The molecule has 0 unspecified atom stereocenters. The fourth-order valence-electron chi connectivity index (χ4n) is 2.52. The topological polar surface area (TPSA) is 76.1 Å². The Balaban J connectivity index is 2.33. The van der Waals surface area contributed by atoms with E-state index in [0.717, 1.165) is 16.8 Å². The van der Waals surface area contributed by atoms with Gasteiger partial charge in [0.15, 0.2) is 0 Å². The average Bonchev–Trinajstić information content (AvgIpc) is 2.52. The summed E-state index contributed by atoms with van der Waals surface area (Å²) in [6.45, 7) is 6.10. The molecule has 0 bridgehead atoms. The number of carboxylic acids is 1. The van der Waals surface area contributed by atoms with Crippen LogP contribution in [0.15, 0.2) is 18.2 Å². The largest absolute Gasteiger partial charge is 0.478 e. The fraction of sp³-hybridized carbons (Fsp3) is 0.412. The van der Waals surface area contributed by atoms with Crippen LogP contribution in [0.25, 0.3) is 6.08 Å². The van der Waals surface area contributed by atoms with Gasteiger partial charge in [-0.05, 0) is 30.7 Å². The molecule has 124 valence electrons. The molecule has 6 heteroatoms. The molecule has 6 nitrogen and oxygen atoms in total. The van der Waals surface area contributed by atoms with Gasteiger partial charge >= 0.3 is 11.9 Å².